The number of nitrogens with two attached hydrogens (primary N) is 1. The molecule has 0 aromatic heterocycles. The first-order chi connectivity index (χ1) is 15.3. The van der Waals surface area contributed by atoms with E-state index in [9.17, 15) is 13.2 Å². The molecule has 1 aliphatic heterocycles. The quantitative estimate of drug-likeness (QED) is 0.644. The van der Waals surface area contributed by atoms with Crippen LogP contribution in [0.3, 0.4) is 0 Å². The van der Waals surface area contributed by atoms with E-state index in [0.717, 1.165) is 35.7 Å². The lowest BCUT2D eigenvalue weighted by Crippen LogP contribution is -2.48. The van der Waals surface area contributed by atoms with Crippen LogP contribution in [-0.4, -0.2) is 52.5 Å². The summed E-state index contributed by atoms with van der Waals surface area (Å²) in [7, 11) is -2.12. The largest absolute Gasteiger partial charge is 0.497 e. The van der Waals surface area contributed by atoms with Gasteiger partial charge in [0.05, 0.1) is 12.0 Å². The molecule has 3 aromatic rings. The lowest BCUT2D eigenvalue weighted by atomic mass is 10.0. The lowest BCUT2D eigenvalue weighted by molar-refractivity contribution is 0.0747. The zero-order valence-electron chi connectivity index (χ0n) is 17.8. The first-order valence-electron chi connectivity index (χ1n) is 10.3. The van der Waals surface area contributed by atoms with Crippen LogP contribution in [0.15, 0.2) is 77.7 Å². The Kier molecular flexibility index (Phi) is 6.16. The molecule has 0 radical (unpaired) electrons. The van der Waals surface area contributed by atoms with Crippen molar-refractivity contribution in [1.82, 2.24) is 4.90 Å². The second kappa shape index (κ2) is 9.02. The van der Waals surface area contributed by atoms with Gasteiger partial charge in [0.2, 0.25) is 10.0 Å². The maximum absolute atomic E-state index is 13.0. The van der Waals surface area contributed by atoms with Crippen LogP contribution >= 0.6 is 0 Å². The molecule has 166 valence electrons. The van der Waals surface area contributed by atoms with Crippen molar-refractivity contribution in [3.8, 4) is 16.9 Å². The molecule has 2 N–H and O–H groups in total. The monoisotopic (exact) mass is 451 g/mol. The molecule has 0 aliphatic carbocycles. The standard InChI is InChI=1S/C24H25N3O4S/c1-31-22-11-9-21(10-12-22)26-13-15-27(16-14-26)24(28)19-7-5-18(6-8-19)20-3-2-4-23(17-20)32(25,29)30/h2-12,17H,13-16H2,1H3,(H2,25,29,30). The summed E-state index contributed by atoms with van der Waals surface area (Å²) >= 11 is 0. The number of rotatable bonds is 5. The first kappa shape index (κ1) is 21.9. The molecule has 0 unspecified atom stereocenters. The number of hydrogen-bond donors (Lipinski definition) is 1. The molecule has 0 atom stereocenters. The highest BCUT2D eigenvalue weighted by Gasteiger charge is 2.22. The Morgan fingerprint density at radius 1 is 0.875 bits per heavy atom. The molecular formula is C24H25N3O4S. The van der Waals surface area contributed by atoms with Gasteiger partial charge >= 0.3 is 0 Å². The summed E-state index contributed by atoms with van der Waals surface area (Å²) in [6, 6.07) is 21.6. The van der Waals surface area contributed by atoms with Gasteiger partial charge in [-0.25, -0.2) is 13.6 Å². The highest BCUT2D eigenvalue weighted by molar-refractivity contribution is 7.89. The zero-order chi connectivity index (χ0) is 22.7. The van der Waals surface area contributed by atoms with Crippen molar-refractivity contribution in [2.75, 3.05) is 38.2 Å². The highest BCUT2D eigenvalue weighted by Crippen LogP contribution is 2.24. The molecule has 8 heteroatoms. The number of hydrogen-bond acceptors (Lipinski definition) is 5. The number of carbonyl (C=O) groups excluding carboxylic acids is 1. The van der Waals surface area contributed by atoms with Gasteiger partial charge in [0.25, 0.3) is 5.91 Å². The van der Waals surface area contributed by atoms with Gasteiger partial charge in [-0.05, 0) is 59.7 Å². The van der Waals surface area contributed by atoms with Gasteiger partial charge in [-0.1, -0.05) is 24.3 Å². The van der Waals surface area contributed by atoms with Gasteiger partial charge in [0.15, 0.2) is 0 Å². The molecule has 1 heterocycles. The average molecular weight is 452 g/mol. The molecule has 0 saturated carbocycles. The summed E-state index contributed by atoms with van der Waals surface area (Å²) in [6.45, 7) is 2.80. The van der Waals surface area contributed by atoms with E-state index in [1.165, 1.54) is 12.1 Å². The maximum atomic E-state index is 13.0. The van der Waals surface area contributed by atoms with Crippen molar-refractivity contribution in [2.24, 2.45) is 5.14 Å². The number of primary sulfonamides is 1. The van der Waals surface area contributed by atoms with E-state index >= 15 is 0 Å². The molecule has 3 aromatic carbocycles. The molecule has 1 fully saturated rings. The van der Waals surface area contributed by atoms with Crippen molar-refractivity contribution in [2.45, 2.75) is 4.90 Å². The number of sulfonamides is 1. The summed E-state index contributed by atoms with van der Waals surface area (Å²) in [5.41, 5.74) is 3.26. The van der Waals surface area contributed by atoms with Crippen molar-refractivity contribution in [1.29, 1.82) is 0 Å². The summed E-state index contributed by atoms with van der Waals surface area (Å²) in [5.74, 6) is 0.812. The fourth-order valence-corrected chi connectivity index (χ4v) is 4.36. The van der Waals surface area contributed by atoms with Gasteiger partial charge in [-0.3, -0.25) is 4.79 Å². The minimum atomic E-state index is -3.77. The molecule has 1 aliphatic rings. The normalized spacial score (nSPS) is 14.3. The number of ether oxygens (including phenoxy) is 1. The second-order valence-corrected chi connectivity index (χ2v) is 9.19. The Bertz CT molecular complexity index is 1200. The van der Waals surface area contributed by atoms with Crippen molar-refractivity contribution in [3.63, 3.8) is 0 Å². The zero-order valence-corrected chi connectivity index (χ0v) is 18.6. The summed E-state index contributed by atoms with van der Waals surface area (Å²) in [4.78, 5) is 17.1. The predicted octanol–water partition coefficient (Wildman–Crippen LogP) is 2.97. The van der Waals surface area contributed by atoms with E-state index in [1.807, 2.05) is 47.4 Å². The first-order valence-corrected chi connectivity index (χ1v) is 11.8. The van der Waals surface area contributed by atoms with Crippen LogP contribution in [0.4, 0.5) is 5.69 Å². The molecular weight excluding hydrogens is 426 g/mol. The smallest absolute Gasteiger partial charge is 0.253 e. The summed E-state index contributed by atoms with van der Waals surface area (Å²) in [5, 5.41) is 5.22. The number of amides is 1. The van der Waals surface area contributed by atoms with E-state index in [2.05, 4.69) is 4.90 Å². The minimum absolute atomic E-state index is 0.00998. The van der Waals surface area contributed by atoms with Crippen LogP contribution in [0, 0.1) is 0 Å². The molecule has 0 bridgehead atoms. The Balaban J connectivity index is 1.41. The molecule has 1 saturated heterocycles. The number of methoxy groups -OCH3 is 1. The topological polar surface area (TPSA) is 92.9 Å². The van der Waals surface area contributed by atoms with E-state index < -0.39 is 10.0 Å². The summed E-state index contributed by atoms with van der Waals surface area (Å²) < 4.78 is 28.4. The van der Waals surface area contributed by atoms with Gasteiger partial charge in [-0.15, -0.1) is 0 Å². The van der Waals surface area contributed by atoms with Gasteiger partial charge in [-0.2, -0.15) is 0 Å². The second-order valence-electron chi connectivity index (χ2n) is 7.63. The van der Waals surface area contributed by atoms with Gasteiger partial charge < -0.3 is 14.5 Å². The van der Waals surface area contributed by atoms with E-state index in [4.69, 9.17) is 9.88 Å². The van der Waals surface area contributed by atoms with Gasteiger partial charge in [0.1, 0.15) is 5.75 Å². The number of benzene rings is 3. The van der Waals surface area contributed by atoms with Crippen LogP contribution < -0.4 is 14.8 Å². The van der Waals surface area contributed by atoms with Crippen LogP contribution in [-0.2, 0) is 10.0 Å². The van der Waals surface area contributed by atoms with Crippen LogP contribution in [0.5, 0.6) is 5.75 Å². The predicted molar refractivity (Wildman–Crippen MR) is 124 cm³/mol. The minimum Gasteiger partial charge on any atom is -0.497 e. The number of carbonyl (C=O) groups is 1. The molecule has 32 heavy (non-hydrogen) atoms. The van der Waals surface area contributed by atoms with Crippen molar-refractivity contribution in [3.05, 3.63) is 78.4 Å². The van der Waals surface area contributed by atoms with Crippen LogP contribution in [0.2, 0.25) is 0 Å². The lowest BCUT2D eigenvalue weighted by Gasteiger charge is -2.36. The number of piperazine rings is 1. The molecule has 7 nitrogen and oxygen atoms in total. The molecule has 0 spiro atoms. The number of nitrogens with zero attached hydrogens (tertiary/aromatic N) is 2. The maximum Gasteiger partial charge on any atom is 0.253 e. The molecule has 1 amide bonds. The van der Waals surface area contributed by atoms with E-state index in [0.29, 0.717) is 18.7 Å². The summed E-state index contributed by atoms with van der Waals surface area (Å²) in [6.07, 6.45) is 0. The van der Waals surface area contributed by atoms with Crippen LogP contribution in [0.1, 0.15) is 10.4 Å². The Morgan fingerprint density at radius 3 is 2.12 bits per heavy atom. The van der Waals surface area contributed by atoms with E-state index in [-0.39, 0.29) is 10.8 Å². The van der Waals surface area contributed by atoms with E-state index in [1.54, 1.807) is 25.3 Å². The Hall–Kier alpha value is -3.36. The third-order valence-electron chi connectivity index (χ3n) is 5.63. The highest BCUT2D eigenvalue weighted by atomic mass is 32.2. The van der Waals surface area contributed by atoms with Crippen LogP contribution in [0.25, 0.3) is 11.1 Å². The van der Waals surface area contributed by atoms with Crippen molar-refractivity contribution >= 4 is 21.6 Å². The van der Waals surface area contributed by atoms with Gasteiger partial charge in [0, 0.05) is 37.4 Å². The average Bonchev–Trinajstić information content (AvgIpc) is 2.83. The fourth-order valence-electron chi connectivity index (χ4n) is 3.80. The Morgan fingerprint density at radius 2 is 1.53 bits per heavy atom. The SMILES string of the molecule is COc1ccc(N2CCN(C(=O)c3ccc(-c4cccc(S(N)(=O)=O)c4)cc3)CC2)cc1. The Labute approximate surface area is 188 Å². The third kappa shape index (κ3) is 4.76. The third-order valence-corrected chi connectivity index (χ3v) is 6.54. The molecule has 4 rings (SSSR count). The number of anilines is 1. The fraction of sp³-hybridized carbons (Fsp3) is 0.208. The van der Waals surface area contributed by atoms with Crippen molar-refractivity contribution < 1.29 is 17.9 Å².